The number of benzene rings is 2. The van der Waals surface area contributed by atoms with Crippen molar-refractivity contribution in [3.8, 4) is 5.75 Å². The molecule has 0 aliphatic heterocycles. The molecule has 0 saturated heterocycles. The molecule has 27 heavy (non-hydrogen) atoms. The molecule has 1 heterocycles. The van der Waals surface area contributed by atoms with Gasteiger partial charge in [-0.15, -0.1) is 12.4 Å². The Morgan fingerprint density at radius 1 is 1.04 bits per heavy atom. The van der Waals surface area contributed by atoms with Gasteiger partial charge in [-0.2, -0.15) is 0 Å². The lowest BCUT2D eigenvalue weighted by atomic mass is 9.74. The Bertz CT molecular complexity index is 925. The van der Waals surface area contributed by atoms with Crippen molar-refractivity contribution in [3.63, 3.8) is 0 Å². The molecule has 0 radical (unpaired) electrons. The van der Waals surface area contributed by atoms with Crippen LogP contribution in [0.3, 0.4) is 0 Å². The summed E-state index contributed by atoms with van der Waals surface area (Å²) in [5.41, 5.74) is 5.12. The summed E-state index contributed by atoms with van der Waals surface area (Å²) in [5.74, 6) is 1.98. The van der Waals surface area contributed by atoms with E-state index in [9.17, 15) is 0 Å². The number of fused-ring (bicyclic) bond motifs is 2. The molecule has 1 aliphatic carbocycles. The second-order valence-corrected chi connectivity index (χ2v) is 7.60. The second-order valence-electron chi connectivity index (χ2n) is 7.60. The first-order valence-electron chi connectivity index (χ1n) is 9.30. The maximum absolute atomic E-state index is 5.46. The largest absolute Gasteiger partial charge is 0.497 e. The molecule has 2 atom stereocenters. The van der Waals surface area contributed by atoms with Gasteiger partial charge in [-0.05, 0) is 74.2 Å². The summed E-state index contributed by atoms with van der Waals surface area (Å²) in [6.07, 6.45) is 2.07. The van der Waals surface area contributed by atoms with E-state index in [-0.39, 0.29) is 12.4 Å². The van der Waals surface area contributed by atoms with Gasteiger partial charge in [-0.25, -0.2) is 0 Å². The maximum atomic E-state index is 5.46. The van der Waals surface area contributed by atoms with Crippen molar-refractivity contribution in [1.29, 1.82) is 0 Å². The zero-order valence-electron chi connectivity index (χ0n) is 16.2. The summed E-state index contributed by atoms with van der Waals surface area (Å²) in [6, 6.07) is 19.3. The number of pyridine rings is 1. The molecule has 1 aliphatic rings. The number of halogens is 1. The number of nitrogens with zero attached hydrogens (tertiary/aromatic N) is 2. The highest BCUT2D eigenvalue weighted by molar-refractivity contribution is 5.85. The molecule has 142 valence electrons. The Hall–Kier alpha value is -2.10. The van der Waals surface area contributed by atoms with E-state index in [1.165, 1.54) is 22.2 Å². The van der Waals surface area contributed by atoms with Crippen LogP contribution >= 0.6 is 12.4 Å². The van der Waals surface area contributed by atoms with Crippen molar-refractivity contribution in [1.82, 2.24) is 9.88 Å². The molecule has 0 bridgehead atoms. The summed E-state index contributed by atoms with van der Waals surface area (Å²) in [4.78, 5) is 7.31. The van der Waals surface area contributed by atoms with Crippen LogP contribution in [0.1, 0.15) is 22.7 Å². The molecular formula is C23H27ClN2O. The standard InChI is InChI=1S/C23H26N2O.ClH/c1-25(2)15-19-12-18-11-17-7-4-5-10-22(17)24-23(18)14-21(19)16-8-6-9-20(13-16)26-3;/h4-11,13,19,21H,12,14-15H2,1-3H3;1H. The van der Waals surface area contributed by atoms with Crippen molar-refractivity contribution in [2.45, 2.75) is 18.8 Å². The predicted molar refractivity (Wildman–Crippen MR) is 114 cm³/mol. The fourth-order valence-corrected chi connectivity index (χ4v) is 4.28. The van der Waals surface area contributed by atoms with E-state index < -0.39 is 0 Å². The van der Waals surface area contributed by atoms with Gasteiger partial charge in [0.25, 0.3) is 0 Å². The average molecular weight is 383 g/mol. The molecule has 0 spiro atoms. The molecule has 0 fully saturated rings. The normalized spacial score (nSPS) is 18.8. The van der Waals surface area contributed by atoms with E-state index in [0.717, 1.165) is 30.7 Å². The van der Waals surface area contributed by atoms with Crippen LogP contribution in [-0.2, 0) is 12.8 Å². The van der Waals surface area contributed by atoms with E-state index in [0.29, 0.717) is 11.8 Å². The summed E-state index contributed by atoms with van der Waals surface area (Å²) in [6.45, 7) is 1.08. The molecule has 4 heteroatoms. The van der Waals surface area contributed by atoms with Gasteiger partial charge >= 0.3 is 0 Å². The number of rotatable bonds is 4. The highest BCUT2D eigenvalue weighted by atomic mass is 35.5. The Balaban J connectivity index is 0.00000210. The first-order valence-corrected chi connectivity index (χ1v) is 9.30. The van der Waals surface area contributed by atoms with Crippen LogP contribution in [0.2, 0.25) is 0 Å². The topological polar surface area (TPSA) is 25.4 Å². The Morgan fingerprint density at radius 3 is 2.63 bits per heavy atom. The van der Waals surface area contributed by atoms with Crippen molar-refractivity contribution < 1.29 is 4.74 Å². The van der Waals surface area contributed by atoms with Gasteiger partial charge in [0.05, 0.1) is 12.6 Å². The van der Waals surface area contributed by atoms with Crippen molar-refractivity contribution in [2.24, 2.45) is 5.92 Å². The highest BCUT2D eigenvalue weighted by Gasteiger charge is 2.31. The second kappa shape index (κ2) is 8.28. The molecular weight excluding hydrogens is 356 g/mol. The molecule has 2 aromatic carbocycles. The van der Waals surface area contributed by atoms with Crippen LogP contribution in [0, 0.1) is 5.92 Å². The van der Waals surface area contributed by atoms with Gasteiger partial charge in [0.15, 0.2) is 0 Å². The lowest BCUT2D eigenvalue weighted by Gasteiger charge is -2.35. The number of methoxy groups -OCH3 is 1. The van der Waals surface area contributed by atoms with Gasteiger partial charge in [-0.1, -0.05) is 30.3 Å². The third-order valence-corrected chi connectivity index (χ3v) is 5.48. The molecule has 0 amide bonds. The van der Waals surface area contributed by atoms with Crippen molar-refractivity contribution >= 4 is 23.3 Å². The number of hydrogen-bond donors (Lipinski definition) is 0. The van der Waals surface area contributed by atoms with Crippen molar-refractivity contribution in [2.75, 3.05) is 27.7 Å². The number of ether oxygens (including phenoxy) is 1. The summed E-state index contributed by atoms with van der Waals surface area (Å²) in [5, 5.41) is 1.25. The van der Waals surface area contributed by atoms with Crippen LogP contribution in [-0.4, -0.2) is 37.6 Å². The molecule has 3 nitrogen and oxygen atoms in total. The van der Waals surface area contributed by atoms with Gasteiger partial charge in [0, 0.05) is 17.6 Å². The zero-order valence-corrected chi connectivity index (χ0v) is 17.0. The smallest absolute Gasteiger partial charge is 0.119 e. The fraction of sp³-hybridized carbons (Fsp3) is 0.348. The molecule has 3 aromatic rings. The van der Waals surface area contributed by atoms with Crippen LogP contribution in [0.25, 0.3) is 10.9 Å². The van der Waals surface area contributed by atoms with E-state index >= 15 is 0 Å². The monoisotopic (exact) mass is 382 g/mol. The van der Waals surface area contributed by atoms with Crippen LogP contribution in [0.4, 0.5) is 0 Å². The molecule has 1 aromatic heterocycles. The Labute approximate surface area is 167 Å². The average Bonchev–Trinajstić information content (AvgIpc) is 2.65. The summed E-state index contributed by atoms with van der Waals surface area (Å²) >= 11 is 0. The van der Waals surface area contributed by atoms with E-state index in [1.54, 1.807) is 7.11 Å². The van der Waals surface area contributed by atoms with Crippen molar-refractivity contribution in [3.05, 3.63) is 71.4 Å². The number of aromatic nitrogens is 1. The molecule has 2 unspecified atom stereocenters. The Morgan fingerprint density at radius 2 is 1.85 bits per heavy atom. The first kappa shape index (κ1) is 19.7. The van der Waals surface area contributed by atoms with Crippen LogP contribution in [0.5, 0.6) is 5.75 Å². The zero-order chi connectivity index (χ0) is 18.1. The third kappa shape index (κ3) is 4.10. The summed E-state index contributed by atoms with van der Waals surface area (Å²) < 4.78 is 5.46. The van der Waals surface area contributed by atoms with E-state index in [1.807, 2.05) is 6.07 Å². The maximum Gasteiger partial charge on any atom is 0.119 e. The van der Waals surface area contributed by atoms with Crippen LogP contribution < -0.4 is 4.74 Å². The van der Waals surface area contributed by atoms with Gasteiger partial charge in [-0.3, -0.25) is 4.98 Å². The van der Waals surface area contributed by atoms with E-state index in [4.69, 9.17) is 9.72 Å². The van der Waals surface area contributed by atoms with E-state index in [2.05, 4.69) is 67.5 Å². The lowest BCUT2D eigenvalue weighted by Crippen LogP contribution is -2.33. The fourth-order valence-electron chi connectivity index (χ4n) is 4.28. The third-order valence-electron chi connectivity index (χ3n) is 5.48. The van der Waals surface area contributed by atoms with Crippen LogP contribution in [0.15, 0.2) is 54.6 Å². The minimum Gasteiger partial charge on any atom is -0.497 e. The lowest BCUT2D eigenvalue weighted by molar-refractivity contribution is 0.274. The Kier molecular flexibility index (Phi) is 6.03. The van der Waals surface area contributed by atoms with Gasteiger partial charge in [0.2, 0.25) is 0 Å². The molecule has 4 rings (SSSR count). The minimum absolute atomic E-state index is 0. The predicted octanol–water partition coefficient (Wildman–Crippen LogP) is 4.73. The summed E-state index contributed by atoms with van der Waals surface area (Å²) in [7, 11) is 6.06. The van der Waals surface area contributed by atoms with Gasteiger partial charge < -0.3 is 9.64 Å². The molecule has 0 N–H and O–H groups in total. The number of hydrogen-bond acceptors (Lipinski definition) is 3. The number of para-hydroxylation sites is 1. The quantitative estimate of drug-likeness (QED) is 0.652. The highest BCUT2D eigenvalue weighted by Crippen LogP contribution is 2.38. The first-order chi connectivity index (χ1) is 12.6. The SMILES string of the molecule is COc1cccc(C2Cc3nc4ccccc4cc3CC2CN(C)C)c1.Cl. The molecule has 0 saturated carbocycles. The minimum atomic E-state index is 0. The van der Waals surface area contributed by atoms with Gasteiger partial charge in [0.1, 0.15) is 5.75 Å².